The summed E-state index contributed by atoms with van der Waals surface area (Å²) in [6, 6.07) is 6.60. The summed E-state index contributed by atoms with van der Waals surface area (Å²) in [7, 11) is 0. The van der Waals surface area contributed by atoms with Crippen molar-refractivity contribution in [1.29, 1.82) is 0 Å². The van der Waals surface area contributed by atoms with Crippen molar-refractivity contribution in [3.05, 3.63) is 30.1 Å². The summed E-state index contributed by atoms with van der Waals surface area (Å²) in [5.74, 6) is 0.834. The van der Waals surface area contributed by atoms with Crippen molar-refractivity contribution in [3.8, 4) is 0 Å². The van der Waals surface area contributed by atoms with Crippen molar-refractivity contribution in [2.75, 3.05) is 13.1 Å². The van der Waals surface area contributed by atoms with E-state index in [1.807, 2.05) is 12.3 Å². The summed E-state index contributed by atoms with van der Waals surface area (Å²) >= 11 is 0. The molecule has 18 heavy (non-hydrogen) atoms. The number of pyridine rings is 1. The molecule has 0 aliphatic carbocycles. The van der Waals surface area contributed by atoms with Gasteiger partial charge in [-0.3, -0.25) is 9.88 Å². The van der Waals surface area contributed by atoms with Gasteiger partial charge in [0.05, 0.1) is 11.7 Å². The highest BCUT2D eigenvalue weighted by Gasteiger charge is 2.32. The molecule has 0 radical (unpaired) electrons. The van der Waals surface area contributed by atoms with E-state index in [0.717, 1.165) is 24.6 Å². The Morgan fingerprint density at radius 3 is 2.83 bits per heavy atom. The fraction of sp³-hybridized carbons (Fsp3) is 0.667. The number of nitrogens with two attached hydrogens (primary N) is 1. The molecular weight excluding hydrogens is 222 g/mol. The van der Waals surface area contributed by atoms with Crippen molar-refractivity contribution in [2.45, 2.75) is 45.2 Å². The van der Waals surface area contributed by atoms with E-state index in [0.29, 0.717) is 0 Å². The van der Waals surface area contributed by atoms with Gasteiger partial charge in [-0.2, -0.15) is 0 Å². The molecule has 3 atom stereocenters. The maximum absolute atomic E-state index is 6.33. The number of nitrogens with zero attached hydrogens (tertiary/aromatic N) is 2. The van der Waals surface area contributed by atoms with Gasteiger partial charge in [-0.05, 0) is 37.4 Å². The highest BCUT2D eigenvalue weighted by atomic mass is 15.2. The quantitative estimate of drug-likeness (QED) is 0.869. The average Bonchev–Trinajstić information content (AvgIpc) is 2.88. The summed E-state index contributed by atoms with van der Waals surface area (Å²) < 4.78 is 0. The molecule has 0 bridgehead atoms. The summed E-state index contributed by atoms with van der Waals surface area (Å²) in [6.07, 6.45) is 5.44. The third-order valence-corrected chi connectivity index (χ3v) is 4.16. The number of likely N-dealkylation sites (tertiary alicyclic amines) is 1. The maximum atomic E-state index is 6.33. The van der Waals surface area contributed by atoms with E-state index in [4.69, 9.17) is 5.73 Å². The highest BCUT2D eigenvalue weighted by molar-refractivity contribution is 5.12. The van der Waals surface area contributed by atoms with Gasteiger partial charge < -0.3 is 5.73 Å². The van der Waals surface area contributed by atoms with Crippen LogP contribution in [0.25, 0.3) is 0 Å². The minimum atomic E-state index is 0.176. The van der Waals surface area contributed by atoms with Gasteiger partial charge in [-0.15, -0.1) is 0 Å². The number of rotatable bonds is 5. The first-order valence-corrected chi connectivity index (χ1v) is 7.16. The number of hydrogen-bond acceptors (Lipinski definition) is 3. The van der Waals surface area contributed by atoms with E-state index < -0.39 is 0 Å². The predicted octanol–water partition coefficient (Wildman–Crippen LogP) is 2.59. The van der Waals surface area contributed by atoms with Crippen molar-refractivity contribution in [2.24, 2.45) is 11.7 Å². The number of hydrogen-bond donors (Lipinski definition) is 1. The second-order valence-electron chi connectivity index (χ2n) is 5.33. The Labute approximate surface area is 110 Å². The first-order chi connectivity index (χ1) is 8.76. The molecule has 3 heteroatoms. The molecule has 1 saturated heterocycles. The first-order valence-electron chi connectivity index (χ1n) is 7.16. The lowest BCUT2D eigenvalue weighted by Gasteiger charge is -2.31. The molecule has 1 aromatic rings. The Kier molecular flexibility index (Phi) is 4.72. The lowest BCUT2D eigenvalue weighted by Crippen LogP contribution is -2.40. The molecule has 2 heterocycles. The van der Waals surface area contributed by atoms with Crippen LogP contribution in [0.3, 0.4) is 0 Å². The molecule has 2 rings (SSSR count). The van der Waals surface area contributed by atoms with Crippen molar-refractivity contribution >= 4 is 0 Å². The van der Waals surface area contributed by atoms with Crippen LogP contribution in [0.4, 0.5) is 0 Å². The lowest BCUT2D eigenvalue weighted by atomic mass is 10.0. The van der Waals surface area contributed by atoms with Gasteiger partial charge >= 0.3 is 0 Å². The first kappa shape index (κ1) is 13.5. The van der Waals surface area contributed by atoms with Crippen LogP contribution in [0.2, 0.25) is 0 Å². The standard InChI is InChI=1S/C15H25N3/c1-3-12-8-10-18(11-12)15(13(16)4-2)14-7-5-6-9-17-14/h5-7,9,12-13,15H,3-4,8,10-11,16H2,1-2H3. The van der Waals surface area contributed by atoms with Crippen LogP contribution in [0, 0.1) is 5.92 Å². The molecule has 0 spiro atoms. The van der Waals surface area contributed by atoms with Gasteiger partial charge in [-0.25, -0.2) is 0 Å². The SMILES string of the molecule is CCC1CCN(C(c2ccccn2)C(N)CC)C1. The molecule has 0 aromatic carbocycles. The third kappa shape index (κ3) is 2.90. The predicted molar refractivity (Wildman–Crippen MR) is 75.2 cm³/mol. The highest BCUT2D eigenvalue weighted by Crippen LogP contribution is 2.30. The average molecular weight is 247 g/mol. The molecule has 100 valence electrons. The van der Waals surface area contributed by atoms with Gasteiger partial charge in [0.25, 0.3) is 0 Å². The van der Waals surface area contributed by atoms with Crippen LogP contribution < -0.4 is 5.73 Å². The van der Waals surface area contributed by atoms with E-state index in [2.05, 4.69) is 35.9 Å². The molecule has 1 fully saturated rings. The van der Waals surface area contributed by atoms with E-state index in [-0.39, 0.29) is 12.1 Å². The van der Waals surface area contributed by atoms with Gasteiger partial charge in [-0.1, -0.05) is 26.3 Å². The van der Waals surface area contributed by atoms with E-state index in [1.54, 1.807) is 0 Å². The zero-order chi connectivity index (χ0) is 13.0. The lowest BCUT2D eigenvalue weighted by molar-refractivity contribution is 0.197. The normalized spacial score (nSPS) is 24.1. The second-order valence-corrected chi connectivity index (χ2v) is 5.33. The Hall–Kier alpha value is -0.930. The topological polar surface area (TPSA) is 42.2 Å². The Balaban J connectivity index is 2.16. The van der Waals surface area contributed by atoms with E-state index in [9.17, 15) is 0 Å². The van der Waals surface area contributed by atoms with Crippen LogP contribution in [0.15, 0.2) is 24.4 Å². The smallest absolute Gasteiger partial charge is 0.0673 e. The van der Waals surface area contributed by atoms with E-state index in [1.165, 1.54) is 19.4 Å². The Morgan fingerprint density at radius 2 is 2.28 bits per heavy atom. The zero-order valence-electron chi connectivity index (χ0n) is 11.5. The van der Waals surface area contributed by atoms with Gasteiger partial charge in [0.15, 0.2) is 0 Å². The van der Waals surface area contributed by atoms with Crippen molar-refractivity contribution in [3.63, 3.8) is 0 Å². The molecule has 0 saturated carbocycles. The van der Waals surface area contributed by atoms with Gasteiger partial charge in [0.1, 0.15) is 0 Å². The molecule has 0 amide bonds. The summed E-state index contributed by atoms with van der Waals surface area (Å²) in [5.41, 5.74) is 7.46. The second kappa shape index (κ2) is 6.30. The van der Waals surface area contributed by atoms with E-state index >= 15 is 0 Å². The molecule has 3 unspecified atom stereocenters. The number of aromatic nitrogens is 1. The van der Waals surface area contributed by atoms with Crippen LogP contribution in [-0.4, -0.2) is 29.0 Å². The fourth-order valence-corrected chi connectivity index (χ4v) is 2.90. The minimum Gasteiger partial charge on any atom is -0.326 e. The Bertz CT molecular complexity index is 352. The van der Waals surface area contributed by atoms with Gasteiger partial charge in [0.2, 0.25) is 0 Å². The summed E-state index contributed by atoms with van der Waals surface area (Å²) in [5, 5.41) is 0. The van der Waals surface area contributed by atoms with Crippen LogP contribution in [0.5, 0.6) is 0 Å². The van der Waals surface area contributed by atoms with Gasteiger partial charge in [0, 0.05) is 18.8 Å². The Morgan fingerprint density at radius 1 is 1.44 bits per heavy atom. The monoisotopic (exact) mass is 247 g/mol. The van der Waals surface area contributed by atoms with Crippen LogP contribution in [0.1, 0.15) is 44.8 Å². The van der Waals surface area contributed by atoms with Crippen LogP contribution >= 0.6 is 0 Å². The summed E-state index contributed by atoms with van der Waals surface area (Å²) in [4.78, 5) is 7.05. The summed E-state index contributed by atoms with van der Waals surface area (Å²) in [6.45, 7) is 6.77. The zero-order valence-corrected chi connectivity index (χ0v) is 11.5. The molecule has 1 aliphatic heterocycles. The van der Waals surface area contributed by atoms with Crippen LogP contribution in [-0.2, 0) is 0 Å². The molecule has 2 N–H and O–H groups in total. The molecule has 1 aromatic heterocycles. The minimum absolute atomic E-state index is 0.176. The molecular formula is C15H25N3. The maximum Gasteiger partial charge on any atom is 0.0673 e. The molecule has 1 aliphatic rings. The molecule has 3 nitrogen and oxygen atoms in total. The fourth-order valence-electron chi connectivity index (χ4n) is 2.90. The largest absolute Gasteiger partial charge is 0.326 e. The van der Waals surface area contributed by atoms with Crippen molar-refractivity contribution < 1.29 is 0 Å². The third-order valence-electron chi connectivity index (χ3n) is 4.16. The van der Waals surface area contributed by atoms with Crippen molar-refractivity contribution in [1.82, 2.24) is 9.88 Å².